The topological polar surface area (TPSA) is 0 Å². The van der Waals surface area contributed by atoms with Gasteiger partial charge in [0.05, 0.1) is 10.0 Å². The molecular weight excluding hydrogens is 207 g/mol. The Balaban J connectivity index is 3.07. The van der Waals surface area contributed by atoms with Crippen LogP contribution in [0.4, 0.5) is 0 Å². The first-order valence-electron chi connectivity index (χ1n) is 4.10. The Bertz CT molecular complexity index is 273. The van der Waals surface area contributed by atoms with Crippen LogP contribution in [-0.4, -0.2) is 10.2 Å². The maximum Gasteiger partial charge on any atom is 0.0626 e. The van der Waals surface area contributed by atoms with Crippen LogP contribution < -0.4 is 0 Å². The molecular formula is C9H12Cl2Si. The van der Waals surface area contributed by atoms with Crippen molar-refractivity contribution in [2.45, 2.75) is 18.9 Å². The molecule has 1 aromatic carbocycles. The predicted octanol–water partition coefficient (Wildman–Crippen LogP) is 2.88. The second-order valence-corrected chi connectivity index (χ2v) is 4.55. The molecule has 0 nitrogen and oxygen atoms in total. The molecule has 1 atom stereocenters. The maximum atomic E-state index is 6.05. The number of hydrogen-bond donors (Lipinski definition) is 0. The van der Waals surface area contributed by atoms with Gasteiger partial charge in [0, 0.05) is 10.2 Å². The predicted molar refractivity (Wildman–Crippen MR) is 59.6 cm³/mol. The molecule has 1 rings (SSSR count). The highest BCUT2D eigenvalue weighted by Gasteiger charge is 2.09. The van der Waals surface area contributed by atoms with Gasteiger partial charge >= 0.3 is 0 Å². The van der Waals surface area contributed by atoms with E-state index in [0.29, 0.717) is 10.9 Å². The highest BCUT2D eigenvalue weighted by molar-refractivity contribution is 6.42. The molecule has 0 amide bonds. The van der Waals surface area contributed by atoms with Gasteiger partial charge in [-0.15, -0.1) is 0 Å². The van der Waals surface area contributed by atoms with Gasteiger partial charge < -0.3 is 0 Å². The molecule has 0 aromatic heterocycles. The molecule has 12 heavy (non-hydrogen) atoms. The molecule has 0 N–H and O–H groups in total. The molecule has 1 unspecified atom stereocenters. The van der Waals surface area contributed by atoms with Crippen LogP contribution in [0.25, 0.3) is 0 Å². The Hall–Kier alpha value is 0.0169. The first kappa shape index (κ1) is 10.1. The van der Waals surface area contributed by atoms with E-state index < -0.39 is 0 Å². The average Bonchev–Trinajstić information content (AvgIpc) is 2.08. The fourth-order valence-corrected chi connectivity index (χ4v) is 2.05. The Kier molecular flexibility index (Phi) is 3.63. The van der Waals surface area contributed by atoms with Crippen molar-refractivity contribution in [3.8, 4) is 0 Å². The Labute approximate surface area is 86.3 Å². The molecule has 0 spiro atoms. The molecule has 0 aliphatic rings. The summed E-state index contributed by atoms with van der Waals surface area (Å²) in [5.41, 5.74) is 1.18. The third kappa shape index (κ3) is 2.03. The van der Waals surface area contributed by atoms with Gasteiger partial charge in [-0.2, -0.15) is 0 Å². The zero-order valence-corrected chi connectivity index (χ0v) is 10.8. The van der Waals surface area contributed by atoms with Crippen molar-refractivity contribution in [1.29, 1.82) is 0 Å². The first-order chi connectivity index (χ1) is 5.66. The Morgan fingerprint density at radius 2 is 2.08 bits per heavy atom. The van der Waals surface area contributed by atoms with E-state index in [2.05, 4.69) is 13.0 Å². The van der Waals surface area contributed by atoms with E-state index in [-0.39, 0.29) is 0 Å². The lowest BCUT2D eigenvalue weighted by Crippen LogP contribution is -1.93. The van der Waals surface area contributed by atoms with Crippen LogP contribution in [0.15, 0.2) is 18.2 Å². The zero-order valence-electron chi connectivity index (χ0n) is 7.27. The summed E-state index contributed by atoms with van der Waals surface area (Å²) in [7, 11) is 1.20. The van der Waals surface area contributed by atoms with E-state index in [1.54, 1.807) is 0 Å². The summed E-state index contributed by atoms with van der Waals surface area (Å²) in [6.07, 6.45) is 0. The molecule has 0 saturated carbocycles. The minimum absolute atomic E-state index is 0.544. The van der Waals surface area contributed by atoms with Crippen molar-refractivity contribution in [3.05, 3.63) is 33.8 Å². The van der Waals surface area contributed by atoms with Crippen LogP contribution in [0.1, 0.15) is 18.4 Å². The SMILES string of the molecule is CC(C[SiH3])c1cccc(Cl)c1Cl. The van der Waals surface area contributed by atoms with Crippen LogP contribution >= 0.6 is 23.2 Å². The summed E-state index contributed by atoms with van der Waals surface area (Å²) < 4.78 is 0. The van der Waals surface area contributed by atoms with Crippen molar-refractivity contribution in [2.24, 2.45) is 0 Å². The quantitative estimate of drug-likeness (QED) is 0.671. The van der Waals surface area contributed by atoms with E-state index >= 15 is 0 Å². The molecule has 0 aliphatic heterocycles. The fourth-order valence-electron chi connectivity index (χ4n) is 1.12. The van der Waals surface area contributed by atoms with E-state index in [0.717, 1.165) is 5.02 Å². The lowest BCUT2D eigenvalue weighted by atomic mass is 10.0. The van der Waals surface area contributed by atoms with Crippen LogP contribution in [0, 0.1) is 0 Å². The molecule has 0 heterocycles. The normalized spacial score (nSPS) is 13.2. The number of halogens is 2. The molecule has 0 saturated heterocycles. The molecule has 66 valence electrons. The van der Waals surface area contributed by atoms with Crippen molar-refractivity contribution in [1.82, 2.24) is 0 Å². The highest BCUT2D eigenvalue weighted by Crippen LogP contribution is 2.31. The zero-order chi connectivity index (χ0) is 9.14. The number of hydrogen-bond acceptors (Lipinski definition) is 0. The minimum Gasteiger partial charge on any atom is -0.0827 e. The fraction of sp³-hybridized carbons (Fsp3) is 0.333. The Morgan fingerprint density at radius 1 is 1.42 bits per heavy atom. The number of rotatable bonds is 2. The Morgan fingerprint density at radius 3 is 2.67 bits per heavy atom. The summed E-state index contributed by atoms with van der Waals surface area (Å²) in [4.78, 5) is 0. The molecule has 1 aromatic rings. The van der Waals surface area contributed by atoms with Crippen molar-refractivity contribution >= 4 is 33.4 Å². The van der Waals surface area contributed by atoms with Crippen LogP contribution in [0.2, 0.25) is 16.1 Å². The van der Waals surface area contributed by atoms with E-state index in [4.69, 9.17) is 23.2 Å². The van der Waals surface area contributed by atoms with Gasteiger partial charge in [0.15, 0.2) is 0 Å². The molecule has 3 heteroatoms. The lowest BCUT2D eigenvalue weighted by Gasteiger charge is -2.11. The average molecular weight is 219 g/mol. The maximum absolute atomic E-state index is 6.05. The van der Waals surface area contributed by atoms with Crippen molar-refractivity contribution in [2.75, 3.05) is 0 Å². The monoisotopic (exact) mass is 218 g/mol. The summed E-state index contributed by atoms with van der Waals surface area (Å²) in [6, 6.07) is 7.06. The largest absolute Gasteiger partial charge is 0.0827 e. The van der Waals surface area contributed by atoms with Crippen LogP contribution in [0.3, 0.4) is 0 Å². The van der Waals surface area contributed by atoms with E-state index in [1.165, 1.54) is 21.9 Å². The van der Waals surface area contributed by atoms with Gasteiger partial charge in [0.25, 0.3) is 0 Å². The summed E-state index contributed by atoms with van der Waals surface area (Å²) in [5, 5.41) is 1.39. The van der Waals surface area contributed by atoms with Crippen molar-refractivity contribution < 1.29 is 0 Å². The number of benzene rings is 1. The third-order valence-electron chi connectivity index (χ3n) is 2.12. The van der Waals surface area contributed by atoms with Crippen LogP contribution in [0.5, 0.6) is 0 Å². The van der Waals surface area contributed by atoms with Crippen LogP contribution in [-0.2, 0) is 0 Å². The minimum atomic E-state index is 0.544. The molecule has 0 fully saturated rings. The smallest absolute Gasteiger partial charge is 0.0626 e. The second kappa shape index (κ2) is 4.31. The second-order valence-electron chi connectivity index (χ2n) is 2.95. The summed E-state index contributed by atoms with van der Waals surface area (Å²) >= 11 is 11.9. The summed E-state index contributed by atoms with van der Waals surface area (Å²) in [6.45, 7) is 2.19. The third-order valence-corrected chi connectivity index (χ3v) is 4.18. The van der Waals surface area contributed by atoms with Crippen molar-refractivity contribution in [3.63, 3.8) is 0 Å². The van der Waals surface area contributed by atoms with Gasteiger partial charge in [-0.05, 0) is 17.5 Å². The first-order valence-corrected chi connectivity index (χ1v) is 6.27. The molecule has 0 radical (unpaired) electrons. The van der Waals surface area contributed by atoms with E-state index in [1.807, 2.05) is 12.1 Å². The van der Waals surface area contributed by atoms with Gasteiger partial charge in [0.1, 0.15) is 0 Å². The van der Waals surface area contributed by atoms with Gasteiger partial charge in [-0.3, -0.25) is 0 Å². The van der Waals surface area contributed by atoms with E-state index in [9.17, 15) is 0 Å². The van der Waals surface area contributed by atoms with Gasteiger partial charge in [0.2, 0.25) is 0 Å². The van der Waals surface area contributed by atoms with Gasteiger partial charge in [-0.1, -0.05) is 48.3 Å². The standard InChI is InChI=1S/C9H12Cl2Si/c1-6(5-12)7-3-2-4-8(10)9(7)11/h2-4,6H,5H2,1,12H3. The van der Waals surface area contributed by atoms with Gasteiger partial charge in [-0.25, -0.2) is 0 Å². The molecule has 0 aliphatic carbocycles. The lowest BCUT2D eigenvalue weighted by molar-refractivity contribution is 0.864. The summed E-state index contributed by atoms with van der Waals surface area (Å²) in [5.74, 6) is 0.544. The molecule has 0 bridgehead atoms. The highest BCUT2D eigenvalue weighted by atomic mass is 35.5.